The molecular formula is C14H18N2O3. The van der Waals surface area contributed by atoms with E-state index in [1.54, 1.807) is 0 Å². The number of nitrogens with one attached hydrogen (secondary N) is 1. The lowest BCUT2D eigenvalue weighted by Crippen LogP contribution is -2.50. The summed E-state index contributed by atoms with van der Waals surface area (Å²) in [5.74, 6) is 6.17. The van der Waals surface area contributed by atoms with Gasteiger partial charge in [0.05, 0.1) is 12.0 Å². The molecule has 19 heavy (non-hydrogen) atoms. The fourth-order valence-electron chi connectivity index (χ4n) is 2.99. The Morgan fingerprint density at radius 1 is 1.26 bits per heavy atom. The molecule has 102 valence electrons. The molecule has 1 fully saturated rings. The van der Waals surface area contributed by atoms with Crippen LogP contribution >= 0.6 is 0 Å². The van der Waals surface area contributed by atoms with Crippen molar-refractivity contribution < 1.29 is 14.3 Å². The van der Waals surface area contributed by atoms with E-state index in [4.69, 9.17) is 15.3 Å². The highest BCUT2D eigenvalue weighted by Crippen LogP contribution is 2.38. The first-order valence-electron chi connectivity index (χ1n) is 6.61. The van der Waals surface area contributed by atoms with E-state index < -0.39 is 5.41 Å². The van der Waals surface area contributed by atoms with E-state index in [2.05, 4.69) is 11.5 Å². The molecule has 3 rings (SSSR count). The molecule has 5 nitrogen and oxygen atoms in total. The number of amides is 1. The molecule has 1 aromatic rings. The van der Waals surface area contributed by atoms with Crippen molar-refractivity contribution in [1.29, 1.82) is 0 Å². The molecule has 1 amide bonds. The summed E-state index contributed by atoms with van der Waals surface area (Å²) in [6.07, 6.45) is 2.23. The zero-order valence-corrected chi connectivity index (χ0v) is 10.8. The van der Waals surface area contributed by atoms with Crippen molar-refractivity contribution in [2.75, 3.05) is 19.8 Å². The number of carbonyl (C=O) groups is 1. The van der Waals surface area contributed by atoms with Gasteiger partial charge in [-0.1, -0.05) is 12.1 Å². The highest BCUT2D eigenvalue weighted by molar-refractivity contribution is 5.88. The third-order valence-corrected chi connectivity index (χ3v) is 4.15. The predicted molar refractivity (Wildman–Crippen MR) is 69.7 cm³/mol. The van der Waals surface area contributed by atoms with Gasteiger partial charge in [-0.25, -0.2) is 5.84 Å². The molecule has 0 aromatic heterocycles. The Morgan fingerprint density at radius 2 is 2.05 bits per heavy atom. The van der Waals surface area contributed by atoms with Gasteiger partial charge in [0.1, 0.15) is 5.75 Å². The van der Waals surface area contributed by atoms with Gasteiger partial charge in [-0.15, -0.1) is 0 Å². The summed E-state index contributed by atoms with van der Waals surface area (Å²) >= 11 is 0. The maximum atomic E-state index is 12.3. The van der Waals surface area contributed by atoms with E-state index in [1.165, 1.54) is 5.56 Å². The van der Waals surface area contributed by atoms with Crippen LogP contribution in [0.25, 0.3) is 0 Å². The molecule has 5 heteroatoms. The number of carbonyl (C=O) groups excluding carboxylic acids is 1. The molecule has 3 N–H and O–H groups in total. The Kier molecular flexibility index (Phi) is 3.16. The second-order valence-electron chi connectivity index (χ2n) is 5.09. The molecule has 0 aliphatic carbocycles. The van der Waals surface area contributed by atoms with Gasteiger partial charge in [0, 0.05) is 19.6 Å². The number of hydrogen-bond acceptors (Lipinski definition) is 4. The quantitative estimate of drug-likeness (QED) is 0.466. The van der Waals surface area contributed by atoms with Gasteiger partial charge in [0.25, 0.3) is 0 Å². The van der Waals surface area contributed by atoms with Crippen LogP contribution < -0.4 is 16.0 Å². The van der Waals surface area contributed by atoms with Gasteiger partial charge in [-0.3, -0.25) is 10.2 Å². The Labute approximate surface area is 112 Å². The van der Waals surface area contributed by atoms with Crippen molar-refractivity contribution in [1.82, 2.24) is 5.43 Å². The molecule has 0 saturated carbocycles. The highest BCUT2D eigenvalue weighted by atomic mass is 16.5. The van der Waals surface area contributed by atoms with Gasteiger partial charge >= 0.3 is 0 Å². The summed E-state index contributed by atoms with van der Waals surface area (Å²) < 4.78 is 10.9. The van der Waals surface area contributed by atoms with E-state index in [1.807, 2.05) is 12.1 Å². The molecule has 1 aromatic carbocycles. The average Bonchev–Trinajstić information content (AvgIpc) is 2.94. The van der Waals surface area contributed by atoms with Gasteiger partial charge in [0.2, 0.25) is 5.91 Å². The Bertz CT molecular complexity index is 495. The second kappa shape index (κ2) is 4.83. The molecule has 0 spiro atoms. The van der Waals surface area contributed by atoms with Crippen molar-refractivity contribution in [3.63, 3.8) is 0 Å². The van der Waals surface area contributed by atoms with Crippen LogP contribution in [0, 0.1) is 0 Å². The number of rotatable bonds is 2. The number of ether oxygens (including phenoxy) is 2. The molecule has 0 atom stereocenters. The molecule has 1 saturated heterocycles. The zero-order chi connectivity index (χ0) is 13.3. The fourth-order valence-corrected chi connectivity index (χ4v) is 2.99. The number of fused-ring (bicyclic) bond motifs is 1. The number of benzene rings is 1. The minimum absolute atomic E-state index is 0.130. The zero-order valence-electron chi connectivity index (χ0n) is 10.8. The van der Waals surface area contributed by atoms with Crippen LogP contribution in [0.2, 0.25) is 0 Å². The van der Waals surface area contributed by atoms with Gasteiger partial charge in [0.15, 0.2) is 0 Å². The van der Waals surface area contributed by atoms with E-state index in [0.29, 0.717) is 26.1 Å². The minimum atomic E-state index is -0.565. The summed E-state index contributed by atoms with van der Waals surface area (Å²) in [6.45, 7) is 1.89. The monoisotopic (exact) mass is 262 g/mol. The SMILES string of the molecule is NNC(=O)C1(c2ccc3c(c2)CCO3)CCOCC1. The first-order chi connectivity index (χ1) is 9.26. The Hall–Kier alpha value is -1.59. The van der Waals surface area contributed by atoms with Crippen LogP contribution in [0.1, 0.15) is 24.0 Å². The van der Waals surface area contributed by atoms with Crippen molar-refractivity contribution >= 4 is 5.91 Å². The van der Waals surface area contributed by atoms with E-state index >= 15 is 0 Å². The molecule has 0 radical (unpaired) electrons. The summed E-state index contributed by atoms with van der Waals surface area (Å²) in [5.41, 5.74) is 3.94. The van der Waals surface area contributed by atoms with Crippen molar-refractivity contribution in [3.8, 4) is 5.75 Å². The summed E-state index contributed by atoms with van der Waals surface area (Å²) in [4.78, 5) is 12.3. The van der Waals surface area contributed by atoms with Crippen molar-refractivity contribution in [2.45, 2.75) is 24.7 Å². The first kappa shape index (κ1) is 12.4. The molecule has 0 bridgehead atoms. The molecular weight excluding hydrogens is 244 g/mol. The summed E-state index contributed by atoms with van der Waals surface area (Å²) in [7, 11) is 0. The lowest BCUT2D eigenvalue weighted by molar-refractivity contribution is -0.130. The maximum absolute atomic E-state index is 12.3. The predicted octanol–water partition coefficient (Wildman–Crippen LogP) is 0.660. The van der Waals surface area contributed by atoms with Crippen LogP contribution in [0.15, 0.2) is 18.2 Å². The Morgan fingerprint density at radius 3 is 2.79 bits per heavy atom. The Balaban J connectivity index is 2.02. The molecule has 2 aliphatic rings. The number of hydrogen-bond donors (Lipinski definition) is 2. The van der Waals surface area contributed by atoms with Crippen LogP contribution in [-0.4, -0.2) is 25.7 Å². The van der Waals surface area contributed by atoms with E-state index in [-0.39, 0.29) is 5.91 Å². The standard InChI is InChI=1S/C14H18N2O3/c15-16-13(17)14(4-7-18-8-5-14)11-1-2-12-10(9-11)3-6-19-12/h1-2,9H,3-8,15H2,(H,16,17). The van der Waals surface area contributed by atoms with Gasteiger partial charge < -0.3 is 9.47 Å². The fraction of sp³-hybridized carbons (Fsp3) is 0.500. The molecule has 2 heterocycles. The summed E-state index contributed by atoms with van der Waals surface area (Å²) in [6, 6.07) is 6.02. The van der Waals surface area contributed by atoms with Crippen LogP contribution in [0.5, 0.6) is 5.75 Å². The largest absolute Gasteiger partial charge is 0.493 e. The van der Waals surface area contributed by atoms with Crippen molar-refractivity contribution in [3.05, 3.63) is 29.3 Å². The normalized spacial score (nSPS) is 20.5. The van der Waals surface area contributed by atoms with Gasteiger partial charge in [-0.05, 0) is 30.0 Å². The minimum Gasteiger partial charge on any atom is -0.493 e. The lowest BCUT2D eigenvalue weighted by Gasteiger charge is -2.35. The van der Waals surface area contributed by atoms with Crippen molar-refractivity contribution in [2.24, 2.45) is 5.84 Å². The van der Waals surface area contributed by atoms with Crippen LogP contribution in [-0.2, 0) is 21.4 Å². The third kappa shape index (κ3) is 1.99. The number of hydrazine groups is 1. The third-order valence-electron chi connectivity index (χ3n) is 4.15. The van der Waals surface area contributed by atoms with E-state index in [0.717, 1.165) is 24.3 Å². The maximum Gasteiger partial charge on any atom is 0.244 e. The van der Waals surface area contributed by atoms with Gasteiger partial charge in [-0.2, -0.15) is 0 Å². The number of nitrogens with two attached hydrogens (primary N) is 1. The van der Waals surface area contributed by atoms with Crippen LogP contribution in [0.4, 0.5) is 0 Å². The smallest absolute Gasteiger partial charge is 0.244 e. The average molecular weight is 262 g/mol. The summed E-state index contributed by atoms with van der Waals surface area (Å²) in [5, 5.41) is 0. The molecule has 0 unspecified atom stereocenters. The molecule has 2 aliphatic heterocycles. The second-order valence-corrected chi connectivity index (χ2v) is 5.09. The topological polar surface area (TPSA) is 73.6 Å². The first-order valence-corrected chi connectivity index (χ1v) is 6.61. The van der Waals surface area contributed by atoms with E-state index in [9.17, 15) is 4.79 Å². The lowest BCUT2D eigenvalue weighted by atomic mass is 9.73. The van der Waals surface area contributed by atoms with Crippen LogP contribution in [0.3, 0.4) is 0 Å². The highest BCUT2D eigenvalue weighted by Gasteiger charge is 2.41.